The largest absolute Gasteiger partial charge is 0.381 e. The van der Waals surface area contributed by atoms with Crippen molar-refractivity contribution >= 4 is 46.6 Å². The van der Waals surface area contributed by atoms with Crippen LogP contribution in [-0.2, 0) is 19.4 Å². The van der Waals surface area contributed by atoms with Gasteiger partial charge in [-0.15, -0.1) is 0 Å². The van der Waals surface area contributed by atoms with Crippen LogP contribution in [0.15, 0.2) is 63.6 Å². The number of amides is 1. The summed E-state index contributed by atoms with van der Waals surface area (Å²) in [6.45, 7) is 2.17. The molecule has 13 heteroatoms. The number of nitrogen functional groups attached to an aromatic ring is 1. The Balaban J connectivity index is 1.03. The van der Waals surface area contributed by atoms with Crippen molar-refractivity contribution < 1.29 is 4.79 Å². The van der Waals surface area contributed by atoms with Crippen molar-refractivity contribution in [3.63, 3.8) is 0 Å². The van der Waals surface area contributed by atoms with Crippen LogP contribution in [-0.4, -0.2) is 43.5 Å². The van der Waals surface area contributed by atoms with Gasteiger partial charge in [0.25, 0.3) is 11.5 Å². The number of aromatic nitrogens is 5. The summed E-state index contributed by atoms with van der Waals surface area (Å²) >= 11 is 7.97. The van der Waals surface area contributed by atoms with Crippen LogP contribution >= 0.6 is 23.4 Å². The number of carbonyl (C=O) groups excluding carboxylic acids is 1. The third-order valence-corrected chi connectivity index (χ3v) is 10.7. The first-order valence-electron chi connectivity index (χ1n) is 14.8. The Hall–Kier alpha value is -4.00. The molecule has 5 N–H and O–H groups in total. The molecule has 11 nitrogen and oxygen atoms in total. The Morgan fingerprint density at radius 2 is 1.91 bits per heavy atom. The highest BCUT2D eigenvalue weighted by molar-refractivity contribution is 7.99. The predicted molar refractivity (Wildman–Crippen MR) is 170 cm³/mol. The molecule has 1 spiro atoms. The van der Waals surface area contributed by atoms with Gasteiger partial charge in [-0.2, -0.15) is 0 Å². The highest BCUT2D eigenvalue weighted by Gasteiger charge is 2.46. The Kier molecular flexibility index (Phi) is 7.51. The number of aryl methyl sites for hydroxylation is 1. The lowest BCUT2D eigenvalue weighted by atomic mass is 9.73. The molecule has 1 saturated heterocycles. The van der Waals surface area contributed by atoms with Crippen molar-refractivity contribution in [3.8, 4) is 0 Å². The number of benzene rings is 1. The van der Waals surface area contributed by atoms with Gasteiger partial charge in [-0.3, -0.25) is 19.1 Å². The molecule has 1 aromatic carbocycles. The van der Waals surface area contributed by atoms with Gasteiger partial charge in [-0.05, 0) is 61.3 Å². The molecule has 44 heavy (non-hydrogen) atoms. The molecule has 1 aliphatic carbocycles. The molecule has 1 fully saturated rings. The van der Waals surface area contributed by atoms with E-state index < -0.39 is 5.91 Å². The first-order chi connectivity index (χ1) is 21.3. The predicted octanol–water partition coefficient (Wildman–Crippen LogP) is 4.25. The molecule has 226 valence electrons. The van der Waals surface area contributed by atoms with E-state index >= 15 is 0 Å². The second-order valence-electron chi connectivity index (χ2n) is 11.6. The molecular weight excluding hydrogens is 598 g/mol. The smallest absolute Gasteiger partial charge is 0.266 e. The van der Waals surface area contributed by atoms with Gasteiger partial charge < -0.3 is 21.7 Å². The summed E-state index contributed by atoms with van der Waals surface area (Å²) in [6, 6.07) is 9.31. The van der Waals surface area contributed by atoms with Crippen LogP contribution in [0.3, 0.4) is 0 Å². The van der Waals surface area contributed by atoms with Gasteiger partial charge in [0.2, 0.25) is 0 Å². The molecule has 3 aromatic heterocycles. The average molecular weight is 630 g/mol. The van der Waals surface area contributed by atoms with Gasteiger partial charge in [-0.1, -0.05) is 35.5 Å². The van der Waals surface area contributed by atoms with Crippen LogP contribution in [0.4, 0.5) is 17.3 Å². The number of nitrogens with one attached hydrogen (secondary N) is 1. The van der Waals surface area contributed by atoms with Gasteiger partial charge in [0.1, 0.15) is 22.2 Å². The van der Waals surface area contributed by atoms with E-state index in [1.165, 1.54) is 23.5 Å². The zero-order valence-corrected chi connectivity index (χ0v) is 25.6. The first-order valence-corrected chi connectivity index (χ1v) is 16.0. The summed E-state index contributed by atoms with van der Waals surface area (Å²) in [5.41, 5.74) is 15.4. The number of anilines is 3. The first kappa shape index (κ1) is 28.8. The average Bonchev–Trinajstić information content (AvgIpc) is 3.31. The highest BCUT2D eigenvalue weighted by Crippen LogP contribution is 2.50. The summed E-state index contributed by atoms with van der Waals surface area (Å²) in [5, 5.41) is 3.59. The molecule has 0 unspecified atom stereocenters. The lowest BCUT2D eigenvalue weighted by Gasteiger charge is -2.42. The molecule has 1 atom stereocenters. The summed E-state index contributed by atoms with van der Waals surface area (Å²) in [6.07, 6.45) is 10.3. The molecule has 2 aliphatic heterocycles. The maximum Gasteiger partial charge on any atom is 0.266 e. The number of hydrogen-bond acceptors (Lipinski definition) is 10. The molecule has 0 saturated carbocycles. The Morgan fingerprint density at radius 3 is 2.70 bits per heavy atom. The third kappa shape index (κ3) is 5.10. The molecule has 1 amide bonds. The van der Waals surface area contributed by atoms with Crippen molar-refractivity contribution in [3.05, 3.63) is 86.9 Å². The SMILES string of the molecule is Nc1nc(N2CCC3(CC2)Cc2ncccc2[C@H]3N)cnc1Sc1cccc(NC(=O)c2cnc3n(c2=O)CCCC3)c1Cl. The minimum absolute atomic E-state index is 0.00974. The van der Waals surface area contributed by atoms with Crippen molar-refractivity contribution in [2.75, 3.05) is 29.0 Å². The fourth-order valence-electron chi connectivity index (χ4n) is 6.58. The lowest BCUT2D eigenvalue weighted by molar-refractivity contribution is 0.102. The zero-order chi connectivity index (χ0) is 30.4. The molecular formula is C31H32ClN9O2S. The van der Waals surface area contributed by atoms with E-state index in [2.05, 4.69) is 36.2 Å². The molecule has 7 rings (SSSR count). The lowest BCUT2D eigenvalue weighted by Crippen LogP contribution is -2.44. The minimum Gasteiger partial charge on any atom is -0.381 e. The van der Waals surface area contributed by atoms with Gasteiger partial charge in [0.15, 0.2) is 5.82 Å². The molecule has 0 radical (unpaired) electrons. The third-order valence-electron chi connectivity index (χ3n) is 9.10. The van der Waals surface area contributed by atoms with Gasteiger partial charge >= 0.3 is 0 Å². The second-order valence-corrected chi connectivity index (χ2v) is 13.0. The van der Waals surface area contributed by atoms with Crippen molar-refractivity contribution in [2.24, 2.45) is 11.1 Å². The Morgan fingerprint density at radius 1 is 1.07 bits per heavy atom. The van der Waals surface area contributed by atoms with Crippen LogP contribution in [0.25, 0.3) is 0 Å². The Bertz CT molecular complexity index is 1820. The van der Waals surface area contributed by atoms with Crippen molar-refractivity contribution in [1.29, 1.82) is 0 Å². The number of pyridine rings is 1. The fourth-order valence-corrected chi connectivity index (χ4v) is 7.68. The van der Waals surface area contributed by atoms with Gasteiger partial charge in [0.05, 0.1) is 16.9 Å². The molecule has 3 aliphatic rings. The number of piperidine rings is 1. The highest BCUT2D eigenvalue weighted by atomic mass is 35.5. The van der Waals surface area contributed by atoms with Crippen molar-refractivity contribution in [1.82, 2.24) is 24.5 Å². The zero-order valence-electron chi connectivity index (χ0n) is 24.0. The van der Waals surface area contributed by atoms with E-state index in [4.69, 9.17) is 23.1 Å². The van der Waals surface area contributed by atoms with E-state index in [0.717, 1.165) is 63.1 Å². The Labute approximate surface area is 263 Å². The number of fused-ring (bicyclic) bond motifs is 2. The number of halogens is 1. The normalized spacial score (nSPS) is 18.6. The number of nitrogens with two attached hydrogens (primary N) is 2. The topological polar surface area (TPSA) is 158 Å². The summed E-state index contributed by atoms with van der Waals surface area (Å²) in [5.74, 6) is 1.17. The monoisotopic (exact) mass is 629 g/mol. The van der Waals surface area contributed by atoms with Crippen LogP contribution in [0, 0.1) is 5.41 Å². The summed E-state index contributed by atoms with van der Waals surface area (Å²) < 4.78 is 1.58. The molecule has 5 heterocycles. The summed E-state index contributed by atoms with van der Waals surface area (Å²) in [4.78, 5) is 47.0. The molecule has 0 bridgehead atoms. The maximum absolute atomic E-state index is 13.1. The van der Waals surface area contributed by atoms with Crippen LogP contribution in [0.2, 0.25) is 5.02 Å². The number of carbonyl (C=O) groups is 1. The second kappa shape index (κ2) is 11.5. The van der Waals surface area contributed by atoms with Crippen LogP contribution in [0.5, 0.6) is 0 Å². The van der Waals surface area contributed by atoms with E-state index in [1.807, 2.05) is 18.3 Å². The fraction of sp³-hybridized carbons (Fsp3) is 0.355. The van der Waals surface area contributed by atoms with Crippen LogP contribution < -0.4 is 27.2 Å². The number of hydrogen-bond donors (Lipinski definition) is 3. The van der Waals surface area contributed by atoms with E-state index in [-0.39, 0.29) is 22.6 Å². The standard InChI is InChI=1S/C31H32ClN9O2S/c32-25-20(38-28(42)19-16-36-23-8-1-2-12-41(23)30(19)43)6-3-7-22(25)44-29-27(34)39-24(17-37-29)40-13-9-31(10-14-40)15-21-18(26(31)33)5-4-11-35-21/h3-7,11,16-17,26H,1-2,8-10,12-15,33H2,(H2,34,39)(H,38,42)/t26-/m1/s1. The van der Waals surface area contributed by atoms with Crippen LogP contribution in [0.1, 0.15) is 59.2 Å². The van der Waals surface area contributed by atoms with E-state index in [0.29, 0.717) is 38.8 Å². The van der Waals surface area contributed by atoms with Gasteiger partial charge in [-0.25, -0.2) is 15.0 Å². The van der Waals surface area contributed by atoms with E-state index in [1.54, 1.807) is 22.9 Å². The number of rotatable bonds is 5. The van der Waals surface area contributed by atoms with Gasteiger partial charge in [0, 0.05) is 55.1 Å². The number of nitrogens with zero attached hydrogens (tertiary/aromatic N) is 6. The minimum atomic E-state index is -0.557. The maximum atomic E-state index is 13.1. The summed E-state index contributed by atoms with van der Waals surface area (Å²) in [7, 11) is 0. The van der Waals surface area contributed by atoms with E-state index in [9.17, 15) is 9.59 Å². The molecule has 4 aromatic rings. The quantitative estimate of drug-likeness (QED) is 0.291. The van der Waals surface area contributed by atoms with Crippen molar-refractivity contribution in [2.45, 2.75) is 61.0 Å².